The molecule has 1 amide bonds. The molecule has 0 radical (unpaired) electrons. The summed E-state index contributed by atoms with van der Waals surface area (Å²) in [6.07, 6.45) is 0.0528. The molecular formula is C22H24ClN5O3S. The minimum atomic E-state index is -4.03. The Labute approximate surface area is 192 Å². The Balaban J connectivity index is 1.67. The molecule has 1 aliphatic heterocycles. The van der Waals surface area contributed by atoms with Gasteiger partial charge in [0, 0.05) is 42.3 Å². The lowest BCUT2D eigenvalue weighted by Crippen LogP contribution is -2.44. The number of rotatable bonds is 5. The highest BCUT2D eigenvalue weighted by Gasteiger charge is 2.19. The molecule has 1 saturated heterocycles. The number of nitrogens with two attached hydrogens (primary N) is 1. The number of halogens is 1. The van der Waals surface area contributed by atoms with Gasteiger partial charge in [-0.1, -0.05) is 29.8 Å². The predicted molar refractivity (Wildman–Crippen MR) is 127 cm³/mol. The number of nitrogens with one attached hydrogen (secondary N) is 1. The molecule has 0 unspecified atom stereocenters. The summed E-state index contributed by atoms with van der Waals surface area (Å²) in [7, 11) is -1.96. The maximum Gasteiger partial charge on any atom is 0.238 e. The van der Waals surface area contributed by atoms with Crippen molar-refractivity contribution in [1.29, 1.82) is 0 Å². The number of likely N-dealkylation sites (N-methyl/N-ethyl adjacent to an activating group) is 1. The number of carbonyl (C=O) groups excluding carboxylic acids is 1. The van der Waals surface area contributed by atoms with Crippen molar-refractivity contribution in [3.05, 3.63) is 59.1 Å². The second-order valence-corrected chi connectivity index (χ2v) is 9.80. The Kier molecular flexibility index (Phi) is 6.34. The number of fused-ring (bicyclic) bond motifs is 1. The number of carbonyl (C=O) groups is 1. The Morgan fingerprint density at radius 1 is 1.12 bits per heavy atom. The molecular weight excluding hydrogens is 450 g/mol. The van der Waals surface area contributed by atoms with Crippen LogP contribution in [0.15, 0.2) is 53.4 Å². The van der Waals surface area contributed by atoms with Crippen molar-refractivity contribution in [3.8, 4) is 0 Å². The summed E-state index contributed by atoms with van der Waals surface area (Å²) in [4.78, 5) is 21.6. The van der Waals surface area contributed by atoms with Crippen molar-refractivity contribution in [1.82, 2.24) is 9.88 Å². The normalized spacial score (nSPS) is 15.2. The van der Waals surface area contributed by atoms with Gasteiger partial charge in [-0.15, -0.1) is 0 Å². The van der Waals surface area contributed by atoms with Crippen LogP contribution >= 0.6 is 11.6 Å². The SMILES string of the molecule is CN1CCN(c2ccc3c(S(N)(=O)=O)cc(NC(=O)Cc4ccccc4Cl)cc3n2)CC1. The Bertz CT molecular complexity index is 1270. The molecule has 3 aromatic rings. The van der Waals surface area contributed by atoms with E-state index in [1.54, 1.807) is 42.5 Å². The van der Waals surface area contributed by atoms with E-state index in [2.05, 4.69) is 27.1 Å². The average molecular weight is 474 g/mol. The third kappa shape index (κ3) is 5.02. The number of pyridine rings is 1. The second-order valence-electron chi connectivity index (χ2n) is 7.86. The Morgan fingerprint density at radius 2 is 1.84 bits per heavy atom. The summed E-state index contributed by atoms with van der Waals surface area (Å²) in [6.45, 7) is 3.48. The van der Waals surface area contributed by atoms with Crippen molar-refractivity contribution >= 4 is 49.9 Å². The molecule has 8 nitrogen and oxygen atoms in total. The zero-order valence-electron chi connectivity index (χ0n) is 17.6. The molecule has 168 valence electrons. The Morgan fingerprint density at radius 3 is 2.53 bits per heavy atom. The van der Waals surface area contributed by atoms with Gasteiger partial charge in [-0.05, 0) is 42.9 Å². The lowest BCUT2D eigenvalue weighted by Gasteiger charge is -2.33. The lowest BCUT2D eigenvalue weighted by atomic mass is 10.1. The number of sulfonamides is 1. The van der Waals surface area contributed by atoms with Gasteiger partial charge >= 0.3 is 0 Å². The fourth-order valence-electron chi connectivity index (χ4n) is 3.73. The van der Waals surface area contributed by atoms with Crippen LogP contribution in [0.25, 0.3) is 10.9 Å². The van der Waals surface area contributed by atoms with E-state index in [4.69, 9.17) is 16.7 Å². The van der Waals surface area contributed by atoms with Gasteiger partial charge in [0.25, 0.3) is 0 Å². The molecule has 4 rings (SSSR count). The molecule has 0 aliphatic carbocycles. The van der Waals surface area contributed by atoms with Crippen LogP contribution in [0.3, 0.4) is 0 Å². The molecule has 2 heterocycles. The van der Waals surface area contributed by atoms with Gasteiger partial charge in [0.1, 0.15) is 5.82 Å². The maximum absolute atomic E-state index is 12.6. The highest BCUT2D eigenvalue weighted by molar-refractivity contribution is 7.89. The number of hydrogen-bond acceptors (Lipinski definition) is 6. The number of piperazine rings is 1. The fraction of sp³-hybridized carbons (Fsp3) is 0.273. The minimum absolute atomic E-state index is 0.0528. The van der Waals surface area contributed by atoms with Gasteiger partial charge in [-0.3, -0.25) is 4.79 Å². The van der Waals surface area contributed by atoms with Crippen molar-refractivity contribution < 1.29 is 13.2 Å². The van der Waals surface area contributed by atoms with Crippen LogP contribution in [0.1, 0.15) is 5.56 Å². The molecule has 1 fully saturated rings. The first-order chi connectivity index (χ1) is 15.2. The van der Waals surface area contributed by atoms with Crippen LogP contribution < -0.4 is 15.4 Å². The third-order valence-electron chi connectivity index (χ3n) is 5.48. The topological polar surface area (TPSA) is 109 Å². The first kappa shape index (κ1) is 22.5. The summed E-state index contributed by atoms with van der Waals surface area (Å²) in [5.74, 6) is 0.429. The molecule has 1 aromatic heterocycles. The Hall–Kier alpha value is -2.72. The van der Waals surface area contributed by atoms with Crippen molar-refractivity contribution in [2.75, 3.05) is 43.4 Å². The number of amides is 1. The van der Waals surface area contributed by atoms with E-state index < -0.39 is 10.0 Å². The molecule has 1 aliphatic rings. The number of nitrogens with zero attached hydrogens (tertiary/aromatic N) is 3. The van der Waals surface area contributed by atoms with E-state index in [1.807, 2.05) is 0 Å². The second kappa shape index (κ2) is 9.03. The van der Waals surface area contributed by atoms with Gasteiger partial charge in [0.15, 0.2) is 0 Å². The number of benzene rings is 2. The largest absolute Gasteiger partial charge is 0.354 e. The molecule has 0 atom stereocenters. The summed E-state index contributed by atoms with van der Waals surface area (Å²) in [5, 5.41) is 9.11. The van der Waals surface area contributed by atoms with Crippen molar-refractivity contribution in [2.45, 2.75) is 11.3 Å². The molecule has 0 bridgehead atoms. The maximum atomic E-state index is 12.6. The fourth-order valence-corrected chi connectivity index (χ4v) is 4.70. The van der Waals surface area contributed by atoms with E-state index in [-0.39, 0.29) is 17.2 Å². The van der Waals surface area contributed by atoms with E-state index in [0.29, 0.717) is 27.2 Å². The zero-order chi connectivity index (χ0) is 22.9. The summed E-state index contributed by atoms with van der Waals surface area (Å²) < 4.78 is 24.5. The molecule has 0 spiro atoms. The quantitative estimate of drug-likeness (QED) is 0.589. The summed E-state index contributed by atoms with van der Waals surface area (Å²) in [5.41, 5.74) is 1.43. The number of primary sulfonamides is 1. The summed E-state index contributed by atoms with van der Waals surface area (Å²) in [6, 6.07) is 13.6. The standard InChI is InChI=1S/C22H24ClN5O3S/c1-27-8-10-28(11-9-27)21-7-6-17-19(26-21)13-16(14-20(17)32(24,30)31)25-22(29)12-15-4-2-3-5-18(15)23/h2-7,13-14H,8-12H2,1H3,(H,25,29)(H2,24,30,31). The van der Waals surface area contributed by atoms with Gasteiger partial charge in [0.05, 0.1) is 16.8 Å². The van der Waals surface area contributed by atoms with Crippen LogP contribution in [0.5, 0.6) is 0 Å². The van der Waals surface area contributed by atoms with Crippen molar-refractivity contribution in [3.63, 3.8) is 0 Å². The van der Waals surface area contributed by atoms with Crippen LogP contribution in [0.4, 0.5) is 11.5 Å². The van der Waals surface area contributed by atoms with E-state index in [9.17, 15) is 13.2 Å². The smallest absolute Gasteiger partial charge is 0.238 e. The molecule has 3 N–H and O–H groups in total. The predicted octanol–water partition coefficient (Wildman–Crippen LogP) is 2.47. The van der Waals surface area contributed by atoms with E-state index >= 15 is 0 Å². The number of anilines is 2. The summed E-state index contributed by atoms with van der Waals surface area (Å²) >= 11 is 6.14. The highest BCUT2D eigenvalue weighted by atomic mass is 35.5. The van der Waals surface area contributed by atoms with Gasteiger partial charge < -0.3 is 15.1 Å². The molecule has 32 heavy (non-hydrogen) atoms. The van der Waals surface area contributed by atoms with Gasteiger partial charge in [-0.25, -0.2) is 18.5 Å². The van der Waals surface area contributed by atoms with Crippen LogP contribution in [0, 0.1) is 0 Å². The third-order valence-corrected chi connectivity index (χ3v) is 6.80. The molecule has 10 heteroatoms. The lowest BCUT2D eigenvalue weighted by molar-refractivity contribution is -0.115. The van der Waals surface area contributed by atoms with Crippen LogP contribution in [-0.4, -0.2) is 57.4 Å². The number of hydrogen-bond donors (Lipinski definition) is 2. The highest BCUT2D eigenvalue weighted by Crippen LogP contribution is 2.28. The minimum Gasteiger partial charge on any atom is -0.354 e. The van der Waals surface area contributed by atoms with Gasteiger partial charge in [0.2, 0.25) is 15.9 Å². The average Bonchev–Trinajstić information content (AvgIpc) is 2.74. The monoisotopic (exact) mass is 473 g/mol. The van der Waals surface area contributed by atoms with Gasteiger partial charge in [-0.2, -0.15) is 0 Å². The van der Waals surface area contributed by atoms with Crippen molar-refractivity contribution in [2.24, 2.45) is 5.14 Å². The zero-order valence-corrected chi connectivity index (χ0v) is 19.2. The van der Waals surface area contributed by atoms with Crippen LogP contribution in [0.2, 0.25) is 5.02 Å². The molecule has 2 aromatic carbocycles. The molecule has 0 saturated carbocycles. The van der Waals surface area contributed by atoms with E-state index in [1.165, 1.54) is 6.07 Å². The number of aromatic nitrogens is 1. The van der Waals surface area contributed by atoms with Crippen LogP contribution in [-0.2, 0) is 21.2 Å². The van der Waals surface area contributed by atoms with E-state index in [0.717, 1.165) is 32.0 Å². The first-order valence-corrected chi connectivity index (χ1v) is 12.1. The first-order valence-electron chi connectivity index (χ1n) is 10.1.